The van der Waals surface area contributed by atoms with Crippen molar-refractivity contribution in [2.24, 2.45) is 0 Å². The van der Waals surface area contributed by atoms with Crippen molar-refractivity contribution in [3.05, 3.63) is 82.8 Å². The van der Waals surface area contributed by atoms with E-state index in [0.717, 1.165) is 53.1 Å². The van der Waals surface area contributed by atoms with E-state index in [1.54, 1.807) is 0 Å². The topological polar surface area (TPSA) is 27.1 Å². The molecule has 0 unspecified atom stereocenters. The minimum atomic E-state index is 0.724. The predicted molar refractivity (Wildman–Crippen MR) is 119 cm³/mol. The Kier molecular flexibility index (Phi) is 5.77. The number of hydrogen-bond donors (Lipinski definition) is 0. The fraction of sp³-hybridized carbons (Fsp3) is 0.208. The number of nitrogens with zero attached hydrogens (tertiary/aromatic N) is 2. The van der Waals surface area contributed by atoms with E-state index < -0.39 is 0 Å². The molecule has 28 heavy (non-hydrogen) atoms. The molecule has 0 radical (unpaired) electrons. The average molecular weight is 435 g/mol. The second-order valence-corrected chi connectivity index (χ2v) is 7.73. The maximum atomic E-state index is 5.95. The quantitative estimate of drug-likeness (QED) is 0.305. The number of benzene rings is 3. The highest BCUT2D eigenvalue weighted by molar-refractivity contribution is 9.10. The number of para-hydroxylation sites is 3. The summed E-state index contributed by atoms with van der Waals surface area (Å²) in [7, 11) is 0. The van der Waals surface area contributed by atoms with Crippen molar-refractivity contribution in [2.75, 3.05) is 6.61 Å². The van der Waals surface area contributed by atoms with Gasteiger partial charge in [0.25, 0.3) is 0 Å². The SMILES string of the molecule is Cc1ccccc1OCCCCn1c(-c2ccccc2Br)nc2ccccc21. The monoisotopic (exact) mass is 434 g/mol. The minimum Gasteiger partial charge on any atom is -0.493 e. The molecular weight excluding hydrogens is 412 g/mol. The van der Waals surface area contributed by atoms with Crippen LogP contribution in [0.15, 0.2) is 77.3 Å². The van der Waals surface area contributed by atoms with Crippen molar-refractivity contribution in [1.82, 2.24) is 9.55 Å². The summed E-state index contributed by atoms with van der Waals surface area (Å²) in [5.41, 5.74) is 4.51. The van der Waals surface area contributed by atoms with Gasteiger partial charge in [-0.05, 0) is 49.6 Å². The van der Waals surface area contributed by atoms with Crippen molar-refractivity contribution >= 4 is 27.0 Å². The molecule has 4 aromatic rings. The second kappa shape index (κ2) is 8.61. The second-order valence-electron chi connectivity index (χ2n) is 6.88. The Bertz CT molecular complexity index is 1090. The summed E-state index contributed by atoms with van der Waals surface area (Å²) in [6.07, 6.45) is 2.03. The highest BCUT2D eigenvalue weighted by Crippen LogP contribution is 2.30. The summed E-state index contributed by atoms with van der Waals surface area (Å²) < 4.78 is 9.33. The summed E-state index contributed by atoms with van der Waals surface area (Å²) >= 11 is 3.68. The largest absolute Gasteiger partial charge is 0.493 e. The van der Waals surface area contributed by atoms with Crippen molar-refractivity contribution in [1.29, 1.82) is 0 Å². The molecule has 0 aliphatic carbocycles. The molecule has 0 saturated heterocycles. The van der Waals surface area contributed by atoms with E-state index in [1.807, 2.05) is 30.3 Å². The lowest BCUT2D eigenvalue weighted by atomic mass is 10.2. The summed E-state index contributed by atoms with van der Waals surface area (Å²) in [5.74, 6) is 1.98. The van der Waals surface area contributed by atoms with Gasteiger partial charge >= 0.3 is 0 Å². The van der Waals surface area contributed by atoms with Crippen LogP contribution in [-0.2, 0) is 6.54 Å². The van der Waals surface area contributed by atoms with Gasteiger partial charge < -0.3 is 9.30 Å². The standard InChI is InChI=1S/C24H23BrN2O/c1-18-10-2-7-15-23(18)28-17-9-8-16-27-22-14-6-5-13-21(22)26-24(27)19-11-3-4-12-20(19)25/h2-7,10-15H,8-9,16-17H2,1H3. The molecule has 0 aliphatic rings. The molecule has 3 nitrogen and oxygen atoms in total. The fourth-order valence-corrected chi connectivity index (χ4v) is 3.88. The van der Waals surface area contributed by atoms with Crippen molar-refractivity contribution in [2.45, 2.75) is 26.3 Å². The van der Waals surface area contributed by atoms with E-state index in [0.29, 0.717) is 0 Å². The van der Waals surface area contributed by atoms with Crippen LogP contribution >= 0.6 is 15.9 Å². The Morgan fingerprint density at radius 3 is 2.50 bits per heavy atom. The summed E-state index contributed by atoms with van der Waals surface area (Å²) in [5, 5.41) is 0. The van der Waals surface area contributed by atoms with Gasteiger partial charge in [-0.15, -0.1) is 0 Å². The van der Waals surface area contributed by atoms with Crippen molar-refractivity contribution < 1.29 is 4.74 Å². The lowest BCUT2D eigenvalue weighted by Crippen LogP contribution is -2.04. The molecule has 0 fully saturated rings. The Labute approximate surface area is 174 Å². The Hall–Kier alpha value is -2.59. The number of aromatic nitrogens is 2. The minimum absolute atomic E-state index is 0.724. The van der Waals surface area contributed by atoms with E-state index in [4.69, 9.17) is 9.72 Å². The molecule has 4 heteroatoms. The third-order valence-corrected chi connectivity index (χ3v) is 5.59. The molecular formula is C24H23BrN2O. The molecule has 3 aromatic carbocycles. The summed E-state index contributed by atoms with van der Waals surface area (Å²) in [4.78, 5) is 4.90. The van der Waals surface area contributed by atoms with Crippen LogP contribution in [-0.4, -0.2) is 16.2 Å². The number of halogens is 1. The van der Waals surface area contributed by atoms with E-state index in [9.17, 15) is 0 Å². The van der Waals surface area contributed by atoms with Crippen LogP contribution in [0.5, 0.6) is 5.75 Å². The lowest BCUT2D eigenvalue weighted by Gasteiger charge is -2.12. The van der Waals surface area contributed by atoms with Gasteiger partial charge in [-0.1, -0.05) is 64.5 Å². The van der Waals surface area contributed by atoms with Gasteiger partial charge in [0.05, 0.1) is 17.6 Å². The summed E-state index contributed by atoms with van der Waals surface area (Å²) in [6, 6.07) is 24.8. The highest BCUT2D eigenvalue weighted by atomic mass is 79.9. The van der Waals surface area contributed by atoms with Crippen LogP contribution in [0.1, 0.15) is 18.4 Å². The number of unbranched alkanes of at least 4 members (excludes halogenated alkanes) is 1. The van der Waals surface area contributed by atoms with Gasteiger partial charge in [-0.3, -0.25) is 0 Å². The number of ether oxygens (including phenoxy) is 1. The van der Waals surface area contributed by atoms with E-state index >= 15 is 0 Å². The van der Waals surface area contributed by atoms with Gasteiger partial charge in [-0.2, -0.15) is 0 Å². The fourth-order valence-electron chi connectivity index (χ4n) is 3.42. The first-order valence-corrected chi connectivity index (χ1v) is 10.4. The maximum absolute atomic E-state index is 5.95. The number of fused-ring (bicyclic) bond motifs is 1. The van der Waals surface area contributed by atoms with Gasteiger partial charge in [0, 0.05) is 16.6 Å². The molecule has 0 bridgehead atoms. The Morgan fingerprint density at radius 2 is 1.64 bits per heavy atom. The number of aryl methyl sites for hydroxylation is 2. The average Bonchev–Trinajstić information content (AvgIpc) is 3.08. The normalized spacial score (nSPS) is 11.1. The van der Waals surface area contributed by atoms with E-state index in [2.05, 4.69) is 69.9 Å². The maximum Gasteiger partial charge on any atom is 0.142 e. The molecule has 0 saturated carbocycles. The number of imidazole rings is 1. The van der Waals surface area contributed by atoms with Crippen LogP contribution in [0.3, 0.4) is 0 Å². The first-order chi connectivity index (χ1) is 13.7. The Morgan fingerprint density at radius 1 is 0.893 bits per heavy atom. The molecule has 1 heterocycles. The van der Waals surface area contributed by atoms with Gasteiger partial charge in [-0.25, -0.2) is 4.98 Å². The molecule has 0 amide bonds. The van der Waals surface area contributed by atoms with Crippen LogP contribution in [0.25, 0.3) is 22.4 Å². The first kappa shape index (κ1) is 18.8. The van der Waals surface area contributed by atoms with Gasteiger partial charge in [0.15, 0.2) is 0 Å². The van der Waals surface area contributed by atoms with Crippen LogP contribution in [0.4, 0.5) is 0 Å². The molecule has 4 rings (SSSR count). The van der Waals surface area contributed by atoms with Crippen LogP contribution in [0.2, 0.25) is 0 Å². The van der Waals surface area contributed by atoms with Gasteiger partial charge in [0.1, 0.15) is 11.6 Å². The van der Waals surface area contributed by atoms with E-state index in [-0.39, 0.29) is 0 Å². The molecule has 0 N–H and O–H groups in total. The number of hydrogen-bond acceptors (Lipinski definition) is 2. The molecule has 1 aromatic heterocycles. The van der Waals surface area contributed by atoms with Crippen molar-refractivity contribution in [3.63, 3.8) is 0 Å². The summed E-state index contributed by atoms with van der Waals surface area (Å²) in [6.45, 7) is 3.72. The Balaban J connectivity index is 1.49. The van der Waals surface area contributed by atoms with E-state index in [1.165, 1.54) is 11.1 Å². The first-order valence-electron chi connectivity index (χ1n) is 9.62. The zero-order chi connectivity index (χ0) is 19.3. The smallest absolute Gasteiger partial charge is 0.142 e. The molecule has 142 valence electrons. The third kappa shape index (κ3) is 3.97. The van der Waals surface area contributed by atoms with Gasteiger partial charge in [0.2, 0.25) is 0 Å². The molecule has 0 atom stereocenters. The van der Waals surface area contributed by atoms with Crippen molar-refractivity contribution in [3.8, 4) is 17.1 Å². The third-order valence-electron chi connectivity index (χ3n) is 4.90. The number of rotatable bonds is 7. The molecule has 0 spiro atoms. The lowest BCUT2D eigenvalue weighted by molar-refractivity contribution is 0.302. The predicted octanol–water partition coefficient (Wildman–Crippen LogP) is 6.63. The molecule has 0 aliphatic heterocycles. The highest BCUT2D eigenvalue weighted by Gasteiger charge is 2.14. The van der Waals surface area contributed by atoms with Crippen LogP contribution < -0.4 is 4.74 Å². The zero-order valence-electron chi connectivity index (χ0n) is 15.9. The van der Waals surface area contributed by atoms with Crippen LogP contribution in [0, 0.1) is 6.92 Å². The zero-order valence-corrected chi connectivity index (χ0v) is 17.5.